The smallest absolute Gasteiger partial charge is 0.192 e. The topological polar surface area (TPSA) is 78.0 Å². The van der Waals surface area contributed by atoms with Gasteiger partial charge in [-0.3, -0.25) is 5.10 Å². The van der Waals surface area contributed by atoms with Gasteiger partial charge in [-0.15, -0.1) is 6.42 Å². The maximum atomic E-state index is 5.23. The van der Waals surface area contributed by atoms with E-state index in [0.717, 1.165) is 16.6 Å². The number of aliphatic imine (C=N–C) groups is 1. The molecule has 0 spiro atoms. The van der Waals surface area contributed by atoms with Crippen molar-refractivity contribution in [3.63, 3.8) is 0 Å². The number of hydrogen-bond donors (Lipinski definition) is 3. The first-order chi connectivity index (χ1) is 10.7. The molecule has 0 atom stereocenters. The average Bonchev–Trinajstić information content (AvgIpc) is 3.00. The third kappa shape index (κ3) is 4.60. The van der Waals surface area contributed by atoms with E-state index in [1.807, 2.05) is 31.2 Å². The highest BCUT2D eigenvalue weighted by Crippen LogP contribution is 2.18. The van der Waals surface area contributed by atoms with Crippen LogP contribution in [0.1, 0.15) is 12.7 Å². The van der Waals surface area contributed by atoms with Crippen molar-refractivity contribution in [1.29, 1.82) is 0 Å². The van der Waals surface area contributed by atoms with Gasteiger partial charge in [0.25, 0.3) is 0 Å². The Morgan fingerprint density at radius 2 is 2.14 bits per heavy atom. The fourth-order valence-electron chi connectivity index (χ4n) is 1.72. The summed E-state index contributed by atoms with van der Waals surface area (Å²) in [6, 6.07) is 7.82. The summed E-state index contributed by atoms with van der Waals surface area (Å²) in [5.74, 6) is 4.51. The number of aromatic amines is 1. The first-order valence-corrected chi connectivity index (χ1v) is 7.65. The largest absolute Gasteiger partial charge is 0.357 e. The van der Waals surface area contributed by atoms with Crippen LogP contribution >= 0.6 is 15.9 Å². The zero-order valence-electron chi connectivity index (χ0n) is 12.2. The van der Waals surface area contributed by atoms with E-state index in [4.69, 9.17) is 6.42 Å². The number of terminal acetylenes is 1. The Morgan fingerprint density at radius 1 is 1.36 bits per heavy atom. The van der Waals surface area contributed by atoms with E-state index in [1.165, 1.54) is 0 Å². The van der Waals surface area contributed by atoms with Crippen molar-refractivity contribution in [2.45, 2.75) is 13.5 Å². The fraction of sp³-hybridized carbons (Fsp3) is 0.267. The minimum Gasteiger partial charge on any atom is -0.357 e. The van der Waals surface area contributed by atoms with Gasteiger partial charge < -0.3 is 10.6 Å². The highest BCUT2D eigenvalue weighted by Gasteiger charge is 2.05. The van der Waals surface area contributed by atoms with Gasteiger partial charge >= 0.3 is 0 Å². The second kappa shape index (κ2) is 8.20. The third-order valence-corrected chi connectivity index (χ3v) is 3.25. The number of hydrogen-bond acceptors (Lipinski definition) is 3. The molecule has 0 fully saturated rings. The Kier molecular flexibility index (Phi) is 5.98. The predicted octanol–water partition coefficient (Wildman–Crippen LogP) is 1.92. The summed E-state index contributed by atoms with van der Waals surface area (Å²) in [5, 5.41) is 13.2. The van der Waals surface area contributed by atoms with Crippen LogP contribution in [-0.4, -0.2) is 34.2 Å². The molecule has 0 aliphatic rings. The molecule has 0 saturated heterocycles. The molecule has 1 aromatic carbocycles. The molecule has 1 aromatic heterocycles. The molecule has 6 nitrogen and oxygen atoms in total. The standard InChI is InChI=1S/C15H17BrN6/c1-3-9-18-15(17-4-2)19-10-13-20-14(22-21-13)11-5-7-12(16)8-6-11/h1,5-8H,4,9-10H2,2H3,(H2,17,18,19)(H,20,21,22). The fourth-order valence-corrected chi connectivity index (χ4v) is 1.99. The van der Waals surface area contributed by atoms with Gasteiger partial charge in [0.1, 0.15) is 12.4 Å². The molecule has 0 amide bonds. The quantitative estimate of drug-likeness (QED) is 0.432. The average molecular weight is 361 g/mol. The molecule has 2 rings (SSSR count). The molecule has 0 saturated carbocycles. The van der Waals surface area contributed by atoms with Gasteiger partial charge in [0.05, 0.1) is 6.54 Å². The van der Waals surface area contributed by atoms with Crippen molar-refractivity contribution in [3.8, 4) is 23.7 Å². The lowest BCUT2D eigenvalue weighted by atomic mass is 10.2. The van der Waals surface area contributed by atoms with Gasteiger partial charge in [0, 0.05) is 16.6 Å². The second-order valence-corrected chi connectivity index (χ2v) is 5.28. The van der Waals surface area contributed by atoms with E-state index in [9.17, 15) is 0 Å². The van der Waals surface area contributed by atoms with Crippen LogP contribution in [0.2, 0.25) is 0 Å². The van der Waals surface area contributed by atoms with Gasteiger partial charge in [-0.05, 0) is 19.1 Å². The van der Waals surface area contributed by atoms with Gasteiger partial charge in [-0.1, -0.05) is 34.0 Å². The summed E-state index contributed by atoms with van der Waals surface area (Å²) in [5.41, 5.74) is 0.951. The van der Waals surface area contributed by atoms with Gasteiger partial charge in [0.15, 0.2) is 11.8 Å². The Morgan fingerprint density at radius 3 is 2.82 bits per heavy atom. The maximum Gasteiger partial charge on any atom is 0.192 e. The Bertz CT molecular complexity index is 668. The van der Waals surface area contributed by atoms with Crippen LogP contribution in [0.5, 0.6) is 0 Å². The van der Waals surface area contributed by atoms with E-state index in [-0.39, 0.29) is 0 Å². The molecule has 114 valence electrons. The zero-order valence-corrected chi connectivity index (χ0v) is 13.8. The number of H-pyrrole nitrogens is 1. The van der Waals surface area contributed by atoms with Crippen LogP contribution in [0.15, 0.2) is 33.7 Å². The minimum absolute atomic E-state index is 0.392. The van der Waals surface area contributed by atoms with Gasteiger partial charge in [0.2, 0.25) is 0 Å². The van der Waals surface area contributed by atoms with Crippen LogP contribution in [0.4, 0.5) is 0 Å². The SMILES string of the molecule is C#CCNC(=NCc1nc(-c2ccc(Br)cc2)n[nH]1)NCC. The number of rotatable bonds is 5. The lowest BCUT2D eigenvalue weighted by Crippen LogP contribution is -2.37. The van der Waals surface area contributed by atoms with Crippen molar-refractivity contribution in [3.05, 3.63) is 34.6 Å². The van der Waals surface area contributed by atoms with Crippen LogP contribution in [-0.2, 0) is 6.54 Å². The number of nitrogens with one attached hydrogen (secondary N) is 3. The highest BCUT2D eigenvalue weighted by atomic mass is 79.9. The molecule has 1 heterocycles. The normalized spacial score (nSPS) is 11.0. The molecule has 0 bridgehead atoms. The van der Waals surface area contributed by atoms with Crippen molar-refractivity contribution in [2.24, 2.45) is 4.99 Å². The molecule has 0 unspecified atom stereocenters. The minimum atomic E-state index is 0.392. The first-order valence-electron chi connectivity index (χ1n) is 6.85. The predicted molar refractivity (Wildman–Crippen MR) is 91.2 cm³/mol. The number of guanidine groups is 1. The van der Waals surface area contributed by atoms with E-state index < -0.39 is 0 Å². The summed E-state index contributed by atoms with van der Waals surface area (Å²) in [4.78, 5) is 8.84. The number of nitrogens with zero attached hydrogens (tertiary/aromatic N) is 3. The summed E-state index contributed by atoms with van der Waals surface area (Å²) in [6.45, 7) is 3.57. The third-order valence-electron chi connectivity index (χ3n) is 2.72. The molecular formula is C15H17BrN6. The monoisotopic (exact) mass is 360 g/mol. The summed E-state index contributed by atoms with van der Waals surface area (Å²) >= 11 is 3.41. The molecule has 0 radical (unpaired) electrons. The van der Waals surface area contributed by atoms with E-state index in [0.29, 0.717) is 30.7 Å². The van der Waals surface area contributed by atoms with Crippen LogP contribution < -0.4 is 10.6 Å². The Labute approximate surface area is 138 Å². The molecule has 2 aromatic rings. The zero-order chi connectivity index (χ0) is 15.8. The van der Waals surface area contributed by atoms with E-state index in [2.05, 4.69) is 52.7 Å². The Balaban J connectivity index is 2.04. The Hall–Kier alpha value is -2.33. The molecule has 0 aliphatic carbocycles. The summed E-state index contributed by atoms with van der Waals surface area (Å²) < 4.78 is 1.02. The molecular weight excluding hydrogens is 344 g/mol. The van der Waals surface area contributed by atoms with Crippen molar-refractivity contribution in [2.75, 3.05) is 13.1 Å². The molecule has 22 heavy (non-hydrogen) atoms. The van der Waals surface area contributed by atoms with E-state index >= 15 is 0 Å². The van der Waals surface area contributed by atoms with Crippen LogP contribution in [0.3, 0.4) is 0 Å². The van der Waals surface area contributed by atoms with Crippen LogP contribution in [0.25, 0.3) is 11.4 Å². The summed E-state index contributed by atoms with van der Waals surface area (Å²) in [6.07, 6.45) is 5.23. The molecule has 3 N–H and O–H groups in total. The first kappa shape index (κ1) is 16.0. The van der Waals surface area contributed by atoms with Crippen molar-refractivity contribution >= 4 is 21.9 Å². The number of halogens is 1. The highest BCUT2D eigenvalue weighted by molar-refractivity contribution is 9.10. The number of aromatic nitrogens is 3. The van der Waals surface area contributed by atoms with Crippen LogP contribution in [0, 0.1) is 12.3 Å². The number of benzene rings is 1. The van der Waals surface area contributed by atoms with Crippen molar-refractivity contribution in [1.82, 2.24) is 25.8 Å². The van der Waals surface area contributed by atoms with Gasteiger partial charge in [-0.2, -0.15) is 5.10 Å². The second-order valence-electron chi connectivity index (χ2n) is 4.37. The summed E-state index contributed by atoms with van der Waals surface area (Å²) in [7, 11) is 0. The maximum absolute atomic E-state index is 5.23. The van der Waals surface area contributed by atoms with E-state index in [1.54, 1.807) is 0 Å². The molecule has 0 aliphatic heterocycles. The lowest BCUT2D eigenvalue weighted by molar-refractivity contribution is 0.843. The lowest BCUT2D eigenvalue weighted by Gasteiger charge is -2.07. The van der Waals surface area contributed by atoms with Gasteiger partial charge in [-0.25, -0.2) is 9.98 Å². The molecule has 7 heteroatoms. The van der Waals surface area contributed by atoms with Crippen molar-refractivity contribution < 1.29 is 0 Å².